The third kappa shape index (κ3) is 3.78. The lowest BCUT2D eigenvalue weighted by atomic mass is 9.99. The Morgan fingerprint density at radius 3 is 2.42 bits per heavy atom. The van der Waals surface area contributed by atoms with Gasteiger partial charge >= 0.3 is 0 Å². The van der Waals surface area contributed by atoms with Crippen molar-refractivity contribution in [3.8, 4) is 0 Å². The van der Waals surface area contributed by atoms with E-state index in [2.05, 4.69) is 11.9 Å². The van der Waals surface area contributed by atoms with Gasteiger partial charge in [0.05, 0.1) is 0 Å². The van der Waals surface area contributed by atoms with Crippen LogP contribution in [-0.2, 0) is 4.79 Å². The summed E-state index contributed by atoms with van der Waals surface area (Å²) >= 11 is 0. The lowest BCUT2D eigenvalue weighted by Gasteiger charge is -2.11. The summed E-state index contributed by atoms with van der Waals surface area (Å²) in [5.74, 6) is -0.0906. The largest absolute Gasteiger partial charge is 0.322 e. The quantitative estimate of drug-likeness (QED) is 0.646. The van der Waals surface area contributed by atoms with Gasteiger partial charge in [-0.3, -0.25) is 9.59 Å². The monoisotopic (exact) mass is 259 g/mol. The lowest BCUT2D eigenvalue weighted by Crippen LogP contribution is -2.14. The Balaban J connectivity index is 2.92. The molecule has 3 heteroatoms. The molecular formula is C16H21NO2. The smallest absolute Gasteiger partial charge is 0.250 e. The fraction of sp³-hybridized carbons (Fsp3) is 0.375. The number of hydrogen-bond acceptors (Lipinski definition) is 2. The molecule has 1 aromatic carbocycles. The minimum atomic E-state index is -0.173. The van der Waals surface area contributed by atoms with Crippen LogP contribution in [0.25, 0.3) is 0 Å². The molecule has 0 heterocycles. The van der Waals surface area contributed by atoms with E-state index in [9.17, 15) is 9.59 Å². The second-order valence-corrected chi connectivity index (χ2v) is 4.96. The maximum atomic E-state index is 11.9. The summed E-state index contributed by atoms with van der Waals surface area (Å²) in [6, 6.07) is 5.33. The number of benzene rings is 1. The normalized spacial score (nSPS) is 10.4. The van der Waals surface area contributed by atoms with Gasteiger partial charge in [0.25, 0.3) is 5.91 Å². The predicted octanol–water partition coefficient (Wildman–Crippen LogP) is 3.74. The van der Waals surface area contributed by atoms with Crippen molar-refractivity contribution in [1.82, 2.24) is 0 Å². The maximum absolute atomic E-state index is 11.9. The van der Waals surface area contributed by atoms with Crippen LogP contribution >= 0.6 is 0 Å². The van der Waals surface area contributed by atoms with Crippen molar-refractivity contribution in [2.24, 2.45) is 5.92 Å². The zero-order valence-electron chi connectivity index (χ0n) is 12.0. The Morgan fingerprint density at radius 1 is 1.32 bits per heavy atom. The first-order chi connectivity index (χ1) is 8.86. The van der Waals surface area contributed by atoms with Crippen LogP contribution in [0.1, 0.15) is 43.1 Å². The second kappa shape index (κ2) is 6.32. The molecule has 0 aliphatic carbocycles. The van der Waals surface area contributed by atoms with Crippen LogP contribution in [0.15, 0.2) is 30.4 Å². The molecule has 0 radical (unpaired) electrons. The third-order valence-corrected chi connectivity index (χ3v) is 3.03. The molecule has 0 fully saturated rings. The fourth-order valence-corrected chi connectivity index (χ4v) is 1.66. The lowest BCUT2D eigenvalue weighted by molar-refractivity contribution is -0.112. The van der Waals surface area contributed by atoms with E-state index in [1.165, 1.54) is 0 Å². The topological polar surface area (TPSA) is 46.2 Å². The van der Waals surface area contributed by atoms with Crippen LogP contribution in [0.3, 0.4) is 0 Å². The molecule has 0 spiro atoms. The van der Waals surface area contributed by atoms with Gasteiger partial charge < -0.3 is 5.32 Å². The van der Waals surface area contributed by atoms with E-state index in [4.69, 9.17) is 0 Å². The summed E-state index contributed by atoms with van der Waals surface area (Å²) in [5.41, 5.74) is 2.82. The first kappa shape index (κ1) is 15.2. The molecule has 0 aromatic heterocycles. The van der Waals surface area contributed by atoms with Gasteiger partial charge in [-0.05, 0) is 37.1 Å². The number of carbonyl (C=O) groups is 2. The van der Waals surface area contributed by atoms with Gasteiger partial charge in [-0.25, -0.2) is 0 Å². The van der Waals surface area contributed by atoms with Crippen molar-refractivity contribution < 1.29 is 9.59 Å². The van der Waals surface area contributed by atoms with Crippen LogP contribution in [0.4, 0.5) is 5.69 Å². The van der Waals surface area contributed by atoms with Crippen LogP contribution in [0.2, 0.25) is 0 Å². The number of nitrogens with one attached hydrogen (secondary N) is 1. The first-order valence-electron chi connectivity index (χ1n) is 6.50. The van der Waals surface area contributed by atoms with E-state index >= 15 is 0 Å². The summed E-state index contributed by atoms with van der Waals surface area (Å²) in [4.78, 5) is 23.6. The number of amides is 1. The van der Waals surface area contributed by atoms with Gasteiger partial charge in [0, 0.05) is 22.7 Å². The zero-order chi connectivity index (χ0) is 14.6. The molecule has 1 rings (SSSR count). The van der Waals surface area contributed by atoms with Crippen molar-refractivity contribution in [3.63, 3.8) is 0 Å². The summed E-state index contributed by atoms with van der Waals surface area (Å²) in [5, 5.41) is 2.81. The summed E-state index contributed by atoms with van der Waals surface area (Å²) in [6.07, 6.45) is 0.620. The summed E-state index contributed by atoms with van der Waals surface area (Å²) < 4.78 is 0. The van der Waals surface area contributed by atoms with Crippen molar-refractivity contribution in [1.29, 1.82) is 0 Å². The number of ketones is 1. The van der Waals surface area contributed by atoms with Crippen molar-refractivity contribution >= 4 is 17.4 Å². The Hall–Kier alpha value is -1.90. The molecule has 0 saturated heterocycles. The van der Waals surface area contributed by atoms with Gasteiger partial charge in [-0.15, -0.1) is 0 Å². The average Bonchev–Trinajstić information content (AvgIpc) is 2.38. The van der Waals surface area contributed by atoms with Gasteiger partial charge in [0.1, 0.15) is 0 Å². The number of rotatable bonds is 5. The average molecular weight is 259 g/mol. The van der Waals surface area contributed by atoms with Gasteiger partial charge in [0.2, 0.25) is 0 Å². The minimum absolute atomic E-state index is 0.0280. The van der Waals surface area contributed by atoms with Crippen LogP contribution in [0, 0.1) is 12.8 Å². The number of Topliss-reactive ketones (excluding diaryl/α,β-unsaturated/α-hetero) is 1. The van der Waals surface area contributed by atoms with Crippen molar-refractivity contribution in [2.75, 3.05) is 5.32 Å². The molecular weight excluding hydrogens is 238 g/mol. The molecule has 102 valence electrons. The molecule has 0 atom stereocenters. The Labute approximate surface area is 114 Å². The van der Waals surface area contributed by atoms with Gasteiger partial charge in [-0.1, -0.05) is 27.4 Å². The maximum Gasteiger partial charge on any atom is 0.250 e. The van der Waals surface area contributed by atoms with Crippen molar-refractivity contribution in [3.05, 3.63) is 41.5 Å². The molecule has 0 unspecified atom stereocenters. The highest BCUT2D eigenvalue weighted by Gasteiger charge is 2.13. The van der Waals surface area contributed by atoms with Gasteiger partial charge in [-0.2, -0.15) is 0 Å². The van der Waals surface area contributed by atoms with E-state index in [1.807, 2.05) is 33.8 Å². The summed E-state index contributed by atoms with van der Waals surface area (Å²) in [6.45, 7) is 11.2. The first-order valence-corrected chi connectivity index (χ1v) is 6.50. The predicted molar refractivity (Wildman–Crippen MR) is 78.4 cm³/mol. The number of hydrogen-bond donors (Lipinski definition) is 1. The highest BCUT2D eigenvalue weighted by Crippen LogP contribution is 2.19. The number of carbonyl (C=O) groups excluding carboxylic acids is 2. The molecule has 1 amide bonds. The van der Waals surface area contributed by atoms with E-state index in [0.717, 1.165) is 11.3 Å². The highest BCUT2D eigenvalue weighted by molar-refractivity contribution is 6.04. The zero-order valence-corrected chi connectivity index (χ0v) is 12.0. The Morgan fingerprint density at radius 2 is 1.95 bits per heavy atom. The molecule has 1 aromatic rings. The molecule has 19 heavy (non-hydrogen) atoms. The van der Waals surface area contributed by atoms with E-state index in [0.29, 0.717) is 17.6 Å². The van der Waals surface area contributed by atoms with Crippen LogP contribution in [-0.4, -0.2) is 11.7 Å². The standard InChI is InChI=1S/C16H21NO2/c1-6-11(4)16(19)17-14-8-7-13(9-12(14)5)15(18)10(2)3/h7-10H,4,6H2,1-3,5H3,(H,17,19). The highest BCUT2D eigenvalue weighted by atomic mass is 16.1. The minimum Gasteiger partial charge on any atom is -0.322 e. The SMILES string of the molecule is C=C(CC)C(=O)Nc1ccc(C(=O)C(C)C)cc1C. The summed E-state index contributed by atoms with van der Waals surface area (Å²) in [7, 11) is 0. The fourth-order valence-electron chi connectivity index (χ4n) is 1.66. The van der Waals surface area contributed by atoms with E-state index in [-0.39, 0.29) is 17.6 Å². The number of aryl methyl sites for hydroxylation is 1. The Bertz CT molecular complexity index is 515. The van der Waals surface area contributed by atoms with E-state index in [1.54, 1.807) is 12.1 Å². The molecule has 0 aliphatic rings. The molecule has 0 saturated carbocycles. The van der Waals surface area contributed by atoms with Crippen LogP contribution in [0.5, 0.6) is 0 Å². The van der Waals surface area contributed by atoms with E-state index < -0.39 is 0 Å². The molecule has 0 aliphatic heterocycles. The molecule has 1 N–H and O–H groups in total. The second-order valence-electron chi connectivity index (χ2n) is 4.96. The van der Waals surface area contributed by atoms with Crippen LogP contribution < -0.4 is 5.32 Å². The third-order valence-electron chi connectivity index (χ3n) is 3.03. The molecule has 0 bridgehead atoms. The van der Waals surface area contributed by atoms with Crippen molar-refractivity contribution in [2.45, 2.75) is 34.1 Å². The van der Waals surface area contributed by atoms with Gasteiger partial charge in [0.15, 0.2) is 5.78 Å². The number of anilines is 1. The molecule has 3 nitrogen and oxygen atoms in total. The Kier molecular flexibility index (Phi) is 5.04.